The van der Waals surface area contributed by atoms with Gasteiger partial charge < -0.3 is 9.47 Å². The molecular weight excluding hydrogens is 406 g/mol. The first kappa shape index (κ1) is 20.7. The number of rotatable bonds is 7. The van der Waals surface area contributed by atoms with E-state index in [1.807, 2.05) is 56.3 Å². The van der Waals surface area contributed by atoms with Gasteiger partial charge in [-0.25, -0.2) is 4.79 Å². The quantitative estimate of drug-likeness (QED) is 0.185. The predicted octanol–water partition coefficient (Wildman–Crippen LogP) is 5.76. The van der Waals surface area contributed by atoms with Gasteiger partial charge in [-0.3, -0.25) is 0 Å². The third-order valence-corrected chi connectivity index (χ3v) is 4.38. The monoisotopic (exact) mass is 427 g/mol. The van der Waals surface area contributed by atoms with Crippen molar-refractivity contribution < 1.29 is 14.3 Å². The number of hydrogen-bond donors (Lipinski definition) is 0. The smallest absolute Gasteiger partial charge is 0.354 e. The molecule has 0 amide bonds. The number of esters is 1. The van der Waals surface area contributed by atoms with E-state index in [4.69, 9.17) is 9.47 Å². The van der Waals surface area contributed by atoms with E-state index in [9.17, 15) is 10.1 Å². The lowest BCUT2D eigenvalue weighted by Gasteiger charge is -2.10. The molecule has 0 radical (unpaired) electrons. The SMILES string of the molecule is CCCCOc1ccc(/C=C(\C#N)C(=O)Oc2c(C)cc(Br)cc2C)cc1. The number of carbonyl (C=O) groups is 1. The summed E-state index contributed by atoms with van der Waals surface area (Å²) < 4.78 is 12.0. The molecule has 0 saturated carbocycles. The van der Waals surface area contributed by atoms with Crippen LogP contribution in [0.1, 0.15) is 36.5 Å². The molecule has 0 fully saturated rings. The molecule has 0 aliphatic carbocycles. The Balaban J connectivity index is 2.14. The summed E-state index contributed by atoms with van der Waals surface area (Å²) in [5.74, 6) is 0.570. The van der Waals surface area contributed by atoms with Gasteiger partial charge in [-0.1, -0.05) is 41.4 Å². The molecule has 0 atom stereocenters. The second kappa shape index (κ2) is 9.94. The maximum Gasteiger partial charge on any atom is 0.354 e. The minimum atomic E-state index is -0.672. The van der Waals surface area contributed by atoms with E-state index in [1.165, 1.54) is 6.08 Å². The number of unbranched alkanes of at least 4 members (excludes halogenated alkanes) is 1. The number of nitrogens with zero attached hydrogens (tertiary/aromatic N) is 1. The highest BCUT2D eigenvalue weighted by atomic mass is 79.9. The van der Waals surface area contributed by atoms with Gasteiger partial charge >= 0.3 is 5.97 Å². The van der Waals surface area contributed by atoms with Crippen molar-refractivity contribution in [3.05, 3.63) is 63.1 Å². The Morgan fingerprint density at radius 1 is 1.19 bits per heavy atom. The predicted molar refractivity (Wildman–Crippen MR) is 110 cm³/mol. The zero-order chi connectivity index (χ0) is 19.8. The van der Waals surface area contributed by atoms with Crippen LogP contribution in [0, 0.1) is 25.2 Å². The highest BCUT2D eigenvalue weighted by Gasteiger charge is 2.15. The van der Waals surface area contributed by atoms with Crippen molar-refractivity contribution in [2.24, 2.45) is 0 Å². The molecule has 0 aromatic heterocycles. The highest BCUT2D eigenvalue weighted by molar-refractivity contribution is 9.10. The van der Waals surface area contributed by atoms with E-state index in [2.05, 4.69) is 22.9 Å². The molecule has 140 valence electrons. The molecule has 2 aromatic carbocycles. The summed E-state index contributed by atoms with van der Waals surface area (Å²) in [5.41, 5.74) is 2.31. The van der Waals surface area contributed by atoms with Gasteiger partial charge in [0.1, 0.15) is 23.1 Å². The lowest BCUT2D eigenvalue weighted by molar-refractivity contribution is -0.129. The van der Waals surface area contributed by atoms with Crippen LogP contribution in [-0.4, -0.2) is 12.6 Å². The van der Waals surface area contributed by atoms with Crippen LogP contribution in [0.15, 0.2) is 46.4 Å². The van der Waals surface area contributed by atoms with E-state index in [0.29, 0.717) is 12.4 Å². The Hall–Kier alpha value is -2.58. The summed E-state index contributed by atoms with van der Waals surface area (Å²) in [5, 5.41) is 9.37. The van der Waals surface area contributed by atoms with E-state index in [-0.39, 0.29) is 5.57 Å². The van der Waals surface area contributed by atoms with Gasteiger partial charge in [0.2, 0.25) is 0 Å². The van der Waals surface area contributed by atoms with E-state index in [1.54, 1.807) is 0 Å². The van der Waals surface area contributed by atoms with E-state index >= 15 is 0 Å². The van der Waals surface area contributed by atoms with Crippen LogP contribution >= 0.6 is 15.9 Å². The molecular formula is C22H22BrNO3. The van der Waals surface area contributed by atoms with Crippen molar-refractivity contribution >= 4 is 28.0 Å². The second-order valence-electron chi connectivity index (χ2n) is 6.20. The van der Waals surface area contributed by atoms with Crippen molar-refractivity contribution in [1.29, 1.82) is 5.26 Å². The van der Waals surface area contributed by atoms with Gasteiger partial charge in [-0.15, -0.1) is 0 Å². The van der Waals surface area contributed by atoms with Crippen LogP contribution in [0.3, 0.4) is 0 Å². The van der Waals surface area contributed by atoms with E-state index < -0.39 is 5.97 Å². The van der Waals surface area contributed by atoms with Crippen molar-refractivity contribution in [3.63, 3.8) is 0 Å². The molecule has 2 rings (SSSR count). The fourth-order valence-corrected chi connectivity index (χ4v) is 3.19. The Bertz CT molecular complexity index is 856. The molecule has 0 saturated heterocycles. The zero-order valence-electron chi connectivity index (χ0n) is 15.7. The van der Waals surface area contributed by atoms with Crippen molar-refractivity contribution in [1.82, 2.24) is 0 Å². The van der Waals surface area contributed by atoms with Gasteiger partial charge in [-0.05, 0) is 67.3 Å². The summed E-state index contributed by atoms with van der Waals surface area (Å²) in [6.45, 7) is 6.49. The molecule has 0 spiro atoms. The molecule has 27 heavy (non-hydrogen) atoms. The zero-order valence-corrected chi connectivity index (χ0v) is 17.3. The van der Waals surface area contributed by atoms with Gasteiger partial charge in [0.25, 0.3) is 0 Å². The number of carbonyl (C=O) groups excluding carboxylic acids is 1. The first-order valence-electron chi connectivity index (χ1n) is 8.78. The first-order chi connectivity index (χ1) is 12.9. The van der Waals surface area contributed by atoms with Crippen LogP contribution < -0.4 is 9.47 Å². The van der Waals surface area contributed by atoms with Gasteiger partial charge in [0.05, 0.1) is 6.61 Å². The molecule has 0 N–H and O–H groups in total. The molecule has 5 heteroatoms. The standard InChI is InChI=1S/C22H22BrNO3/c1-4-5-10-26-20-8-6-17(7-9-20)13-18(14-24)22(25)27-21-15(2)11-19(23)12-16(21)3/h6-9,11-13H,4-5,10H2,1-3H3/b18-13+. The van der Waals surface area contributed by atoms with Crippen molar-refractivity contribution in [2.45, 2.75) is 33.6 Å². The second-order valence-corrected chi connectivity index (χ2v) is 7.11. The van der Waals surface area contributed by atoms with Gasteiger partial charge in [-0.2, -0.15) is 5.26 Å². The number of aryl methyl sites for hydroxylation is 2. The Morgan fingerprint density at radius 3 is 2.37 bits per heavy atom. The molecule has 4 nitrogen and oxygen atoms in total. The van der Waals surface area contributed by atoms with Crippen LogP contribution in [0.2, 0.25) is 0 Å². The third kappa shape index (κ3) is 5.97. The van der Waals surface area contributed by atoms with Crippen molar-refractivity contribution in [2.75, 3.05) is 6.61 Å². The Kier molecular flexibility index (Phi) is 7.63. The van der Waals surface area contributed by atoms with Crippen LogP contribution in [0.5, 0.6) is 11.5 Å². The molecule has 0 aliphatic heterocycles. The minimum Gasteiger partial charge on any atom is -0.494 e. The van der Waals surface area contributed by atoms with Crippen molar-refractivity contribution in [3.8, 4) is 17.6 Å². The summed E-state index contributed by atoms with van der Waals surface area (Å²) in [6, 6.07) is 12.9. The fourth-order valence-electron chi connectivity index (χ4n) is 2.50. The number of hydrogen-bond acceptors (Lipinski definition) is 4. The first-order valence-corrected chi connectivity index (χ1v) is 9.57. The highest BCUT2D eigenvalue weighted by Crippen LogP contribution is 2.28. The summed E-state index contributed by atoms with van der Waals surface area (Å²) >= 11 is 3.41. The van der Waals surface area contributed by atoms with E-state index in [0.717, 1.165) is 39.8 Å². The minimum absolute atomic E-state index is 0.0589. The molecule has 0 bridgehead atoms. The van der Waals surface area contributed by atoms with Crippen LogP contribution in [0.25, 0.3) is 6.08 Å². The van der Waals surface area contributed by atoms with Crippen LogP contribution in [0.4, 0.5) is 0 Å². The molecule has 2 aromatic rings. The normalized spacial score (nSPS) is 11.0. The molecule has 0 aliphatic rings. The average Bonchev–Trinajstić information content (AvgIpc) is 2.64. The molecule has 0 unspecified atom stereocenters. The van der Waals surface area contributed by atoms with Gasteiger partial charge in [0, 0.05) is 4.47 Å². The topological polar surface area (TPSA) is 59.3 Å². The number of benzene rings is 2. The lowest BCUT2D eigenvalue weighted by atomic mass is 10.1. The maximum absolute atomic E-state index is 12.4. The maximum atomic E-state index is 12.4. The largest absolute Gasteiger partial charge is 0.494 e. The Labute approximate surface area is 168 Å². The number of halogens is 1. The summed E-state index contributed by atoms with van der Waals surface area (Å²) in [6.07, 6.45) is 3.59. The van der Waals surface area contributed by atoms with Crippen LogP contribution in [-0.2, 0) is 4.79 Å². The number of nitriles is 1. The third-order valence-electron chi connectivity index (χ3n) is 3.92. The van der Waals surface area contributed by atoms with Gasteiger partial charge in [0.15, 0.2) is 0 Å². The summed E-state index contributed by atoms with van der Waals surface area (Å²) in [7, 11) is 0. The average molecular weight is 428 g/mol. The molecule has 0 heterocycles. The number of ether oxygens (including phenoxy) is 2. The lowest BCUT2D eigenvalue weighted by Crippen LogP contribution is -2.12. The Morgan fingerprint density at radius 2 is 1.81 bits per heavy atom. The fraction of sp³-hybridized carbons (Fsp3) is 0.273. The summed E-state index contributed by atoms with van der Waals surface area (Å²) in [4.78, 5) is 12.4.